The Kier molecular flexibility index (Phi) is 6.81. The largest absolute Gasteiger partial charge is 0.383 e. The van der Waals surface area contributed by atoms with Gasteiger partial charge in [-0.15, -0.1) is 0 Å². The monoisotopic (exact) mass is 338 g/mol. The van der Waals surface area contributed by atoms with E-state index in [0.29, 0.717) is 25.9 Å². The van der Waals surface area contributed by atoms with Crippen LogP contribution < -0.4 is 21.9 Å². The topological polar surface area (TPSA) is 101 Å². The van der Waals surface area contributed by atoms with Gasteiger partial charge in [-0.25, -0.2) is 4.79 Å². The zero-order chi connectivity index (χ0) is 18.5. The normalized spacial score (nSPS) is 11.5. The zero-order valence-electron chi connectivity index (χ0n) is 15.4. The molecule has 0 unspecified atom stereocenters. The number of H-pyrrole nitrogens is 1. The average molecular weight is 338 g/mol. The third-order valence-corrected chi connectivity index (χ3v) is 3.65. The van der Waals surface area contributed by atoms with Crippen molar-refractivity contribution in [1.82, 2.24) is 9.55 Å². The lowest BCUT2D eigenvalue weighted by molar-refractivity contribution is -0.120. The molecule has 0 radical (unpaired) electrons. The molecular weight excluding hydrogens is 308 g/mol. The van der Waals surface area contributed by atoms with E-state index in [0.717, 1.165) is 12.8 Å². The second-order valence-corrected chi connectivity index (χ2v) is 7.28. The third-order valence-electron chi connectivity index (χ3n) is 3.65. The Morgan fingerprint density at radius 2 is 1.83 bits per heavy atom. The van der Waals surface area contributed by atoms with Crippen molar-refractivity contribution < 1.29 is 4.79 Å². The van der Waals surface area contributed by atoms with Crippen molar-refractivity contribution in [3.8, 4) is 0 Å². The first-order chi connectivity index (χ1) is 11.1. The number of aromatic nitrogens is 2. The molecule has 0 fully saturated rings. The van der Waals surface area contributed by atoms with Gasteiger partial charge < -0.3 is 10.6 Å². The van der Waals surface area contributed by atoms with Crippen LogP contribution in [0.25, 0.3) is 0 Å². The summed E-state index contributed by atoms with van der Waals surface area (Å²) in [5, 5.41) is 0. The summed E-state index contributed by atoms with van der Waals surface area (Å²) in [6, 6.07) is 0. The number of nitrogens with one attached hydrogen (secondary N) is 1. The highest BCUT2D eigenvalue weighted by Crippen LogP contribution is 2.24. The Morgan fingerprint density at radius 3 is 2.33 bits per heavy atom. The van der Waals surface area contributed by atoms with Gasteiger partial charge >= 0.3 is 5.69 Å². The van der Waals surface area contributed by atoms with Gasteiger partial charge in [-0.05, 0) is 18.3 Å². The summed E-state index contributed by atoms with van der Waals surface area (Å²) < 4.78 is 1.32. The first-order valence-electron chi connectivity index (χ1n) is 8.55. The number of carbonyl (C=O) groups excluding carboxylic acids is 1. The number of hydrogen-bond acceptors (Lipinski definition) is 4. The minimum atomic E-state index is -0.608. The maximum Gasteiger partial charge on any atom is 0.330 e. The van der Waals surface area contributed by atoms with E-state index in [1.165, 1.54) is 9.47 Å². The van der Waals surface area contributed by atoms with Crippen molar-refractivity contribution in [2.24, 2.45) is 5.41 Å². The molecule has 3 N–H and O–H groups in total. The highest BCUT2D eigenvalue weighted by Gasteiger charge is 2.26. The predicted molar refractivity (Wildman–Crippen MR) is 97.4 cm³/mol. The maximum absolute atomic E-state index is 12.8. The summed E-state index contributed by atoms with van der Waals surface area (Å²) >= 11 is 0. The number of nitrogen functional groups attached to an aromatic ring is 1. The molecule has 0 aromatic carbocycles. The van der Waals surface area contributed by atoms with Gasteiger partial charge in [-0.3, -0.25) is 19.1 Å². The quantitative estimate of drug-likeness (QED) is 0.795. The molecule has 1 rings (SSSR count). The van der Waals surface area contributed by atoms with E-state index in [1.54, 1.807) is 0 Å². The van der Waals surface area contributed by atoms with Crippen LogP contribution in [0.1, 0.15) is 60.3 Å². The highest BCUT2D eigenvalue weighted by atomic mass is 16.2. The lowest BCUT2D eigenvalue weighted by Crippen LogP contribution is -2.42. The molecule has 7 heteroatoms. The molecule has 0 aliphatic carbocycles. The van der Waals surface area contributed by atoms with Gasteiger partial charge in [0.05, 0.1) is 0 Å². The second kappa shape index (κ2) is 8.17. The Bertz CT molecular complexity index is 683. The number of nitrogens with two attached hydrogens (primary N) is 1. The van der Waals surface area contributed by atoms with Gasteiger partial charge in [0.25, 0.3) is 5.56 Å². The number of anilines is 2. The van der Waals surface area contributed by atoms with Crippen LogP contribution >= 0.6 is 0 Å². The second-order valence-electron chi connectivity index (χ2n) is 7.28. The van der Waals surface area contributed by atoms with E-state index in [-0.39, 0.29) is 22.8 Å². The van der Waals surface area contributed by atoms with Gasteiger partial charge in [-0.2, -0.15) is 0 Å². The Labute approximate surface area is 142 Å². The fraction of sp³-hybridized carbons (Fsp3) is 0.706. The molecule has 24 heavy (non-hydrogen) atoms. The van der Waals surface area contributed by atoms with Crippen LogP contribution in [-0.2, 0) is 11.3 Å². The van der Waals surface area contributed by atoms with Crippen LogP contribution in [-0.4, -0.2) is 22.0 Å². The molecule has 136 valence electrons. The van der Waals surface area contributed by atoms with Crippen LogP contribution in [0.5, 0.6) is 0 Å². The minimum absolute atomic E-state index is 0.0592. The number of aromatic amines is 1. The summed E-state index contributed by atoms with van der Waals surface area (Å²) in [5.41, 5.74) is 4.83. The van der Waals surface area contributed by atoms with Crippen LogP contribution in [0.3, 0.4) is 0 Å². The number of hydrogen-bond donors (Lipinski definition) is 2. The number of unbranched alkanes of at least 4 members (excludes halogenated alkanes) is 1. The van der Waals surface area contributed by atoms with Gasteiger partial charge in [-0.1, -0.05) is 41.0 Å². The number of rotatable bonds is 7. The summed E-state index contributed by atoms with van der Waals surface area (Å²) in [4.78, 5) is 40.8. The lowest BCUT2D eigenvalue weighted by Gasteiger charge is -2.27. The van der Waals surface area contributed by atoms with Gasteiger partial charge in [0, 0.05) is 19.5 Å². The van der Waals surface area contributed by atoms with Gasteiger partial charge in [0.2, 0.25) is 5.91 Å². The number of amides is 1. The summed E-state index contributed by atoms with van der Waals surface area (Å²) in [5.74, 6) is -0.0983. The smallest absolute Gasteiger partial charge is 0.330 e. The van der Waals surface area contributed by atoms with Crippen molar-refractivity contribution in [3.63, 3.8) is 0 Å². The molecule has 1 amide bonds. The molecule has 0 atom stereocenters. The fourth-order valence-corrected chi connectivity index (χ4v) is 2.51. The molecule has 0 saturated carbocycles. The Balaban J connectivity index is 3.42. The summed E-state index contributed by atoms with van der Waals surface area (Å²) in [7, 11) is 0. The molecule has 7 nitrogen and oxygen atoms in total. The summed E-state index contributed by atoms with van der Waals surface area (Å²) in [6.07, 6.45) is 2.62. The van der Waals surface area contributed by atoms with Crippen LogP contribution in [0, 0.1) is 5.41 Å². The average Bonchev–Trinajstić information content (AvgIpc) is 2.44. The van der Waals surface area contributed by atoms with E-state index < -0.39 is 11.2 Å². The molecule has 0 aliphatic heterocycles. The standard InChI is InChI=1S/C17H30N4O3/c1-6-8-10-20(12(22)11-17(3,4)5)13-14(18)21(9-7-2)16(24)19-15(13)23/h6-11,18H2,1-5H3,(H,19,23,24). The van der Waals surface area contributed by atoms with Crippen molar-refractivity contribution in [1.29, 1.82) is 0 Å². The SMILES string of the molecule is CCCCN(C(=O)CC(C)(C)C)c1c(N)n(CCC)c(=O)[nH]c1=O. The molecule has 1 heterocycles. The first-order valence-corrected chi connectivity index (χ1v) is 8.55. The van der Waals surface area contributed by atoms with E-state index in [1.807, 2.05) is 34.6 Å². The van der Waals surface area contributed by atoms with Gasteiger partial charge in [0.15, 0.2) is 5.69 Å². The molecule has 1 aromatic heterocycles. The molecular formula is C17H30N4O3. The predicted octanol–water partition coefficient (Wildman–Crippen LogP) is 2.10. The minimum Gasteiger partial charge on any atom is -0.383 e. The molecule has 0 spiro atoms. The molecule has 0 saturated heterocycles. The highest BCUT2D eigenvalue weighted by molar-refractivity contribution is 5.95. The van der Waals surface area contributed by atoms with Crippen molar-refractivity contribution in [2.75, 3.05) is 17.2 Å². The molecule has 0 aliphatic rings. The van der Waals surface area contributed by atoms with Crippen LogP contribution in [0.2, 0.25) is 0 Å². The number of nitrogens with zero attached hydrogens (tertiary/aromatic N) is 2. The summed E-state index contributed by atoms with van der Waals surface area (Å²) in [6.45, 7) is 10.6. The maximum atomic E-state index is 12.8. The van der Waals surface area contributed by atoms with E-state index >= 15 is 0 Å². The Hall–Kier alpha value is -2.05. The Morgan fingerprint density at radius 1 is 1.21 bits per heavy atom. The van der Waals surface area contributed by atoms with Gasteiger partial charge in [0.1, 0.15) is 5.82 Å². The van der Waals surface area contributed by atoms with E-state index in [9.17, 15) is 14.4 Å². The van der Waals surface area contributed by atoms with Crippen molar-refractivity contribution in [3.05, 3.63) is 20.8 Å². The molecule has 1 aromatic rings. The van der Waals surface area contributed by atoms with Crippen LogP contribution in [0.4, 0.5) is 11.5 Å². The first kappa shape index (κ1) is 20.0. The van der Waals surface area contributed by atoms with Crippen LogP contribution in [0.15, 0.2) is 9.59 Å². The zero-order valence-corrected chi connectivity index (χ0v) is 15.4. The van der Waals surface area contributed by atoms with Crippen molar-refractivity contribution in [2.45, 2.75) is 66.8 Å². The van der Waals surface area contributed by atoms with Crippen molar-refractivity contribution >= 4 is 17.4 Å². The molecule has 0 bridgehead atoms. The number of carbonyl (C=O) groups is 1. The fourth-order valence-electron chi connectivity index (χ4n) is 2.51. The third kappa shape index (κ3) is 4.97. The van der Waals surface area contributed by atoms with E-state index in [4.69, 9.17) is 5.73 Å². The lowest BCUT2D eigenvalue weighted by atomic mass is 9.91. The van der Waals surface area contributed by atoms with E-state index in [2.05, 4.69) is 4.98 Å².